The highest BCUT2D eigenvalue weighted by molar-refractivity contribution is 6.04. The topological polar surface area (TPSA) is 40.6 Å². The second-order valence-electron chi connectivity index (χ2n) is 5.61. The van der Waals surface area contributed by atoms with Gasteiger partial charge in [-0.15, -0.1) is 0 Å². The van der Waals surface area contributed by atoms with Gasteiger partial charge in [-0.1, -0.05) is 18.2 Å². The number of carbonyl (C=O) groups is 2. The van der Waals surface area contributed by atoms with Crippen LogP contribution in [0.5, 0.6) is 0 Å². The molecule has 0 aliphatic carbocycles. The molecule has 5 heteroatoms. The lowest BCUT2D eigenvalue weighted by molar-refractivity contribution is -0.124. The highest BCUT2D eigenvalue weighted by atomic mass is 19.1. The molecule has 0 saturated carbocycles. The number of rotatable bonds is 3. The molecule has 23 heavy (non-hydrogen) atoms. The summed E-state index contributed by atoms with van der Waals surface area (Å²) in [6.45, 7) is 0.320. The normalized spacial score (nSPS) is 17.4. The number of anilines is 2. The van der Waals surface area contributed by atoms with E-state index in [-0.39, 0.29) is 24.1 Å². The van der Waals surface area contributed by atoms with Crippen LogP contribution in [-0.2, 0) is 9.59 Å². The number of hydrogen-bond acceptors (Lipinski definition) is 2. The summed E-state index contributed by atoms with van der Waals surface area (Å²) >= 11 is 0. The van der Waals surface area contributed by atoms with Gasteiger partial charge in [0, 0.05) is 31.4 Å². The molecule has 0 N–H and O–H groups in total. The molecule has 0 spiro atoms. The molecule has 1 saturated heterocycles. The highest BCUT2D eigenvalue weighted by Gasteiger charge is 2.36. The van der Waals surface area contributed by atoms with Gasteiger partial charge in [0.05, 0.1) is 5.92 Å². The lowest BCUT2D eigenvalue weighted by Crippen LogP contribution is -2.34. The van der Waals surface area contributed by atoms with Gasteiger partial charge in [0.25, 0.3) is 0 Å². The largest absolute Gasteiger partial charge is 0.315 e. The van der Waals surface area contributed by atoms with Crippen molar-refractivity contribution in [2.24, 2.45) is 5.92 Å². The molecule has 1 heterocycles. The molecular formula is C18H17FN2O2. The van der Waals surface area contributed by atoms with E-state index in [9.17, 15) is 14.0 Å². The molecule has 1 unspecified atom stereocenters. The minimum Gasteiger partial charge on any atom is -0.315 e. The summed E-state index contributed by atoms with van der Waals surface area (Å²) in [6, 6.07) is 15.1. The molecule has 1 fully saturated rings. The van der Waals surface area contributed by atoms with Crippen molar-refractivity contribution in [1.82, 2.24) is 0 Å². The smallest absolute Gasteiger partial charge is 0.232 e. The Morgan fingerprint density at radius 2 is 1.78 bits per heavy atom. The molecule has 0 aromatic heterocycles. The first-order chi connectivity index (χ1) is 11.1. The van der Waals surface area contributed by atoms with Crippen LogP contribution in [0.3, 0.4) is 0 Å². The van der Waals surface area contributed by atoms with Crippen molar-refractivity contribution in [3.05, 3.63) is 60.4 Å². The zero-order chi connectivity index (χ0) is 16.4. The van der Waals surface area contributed by atoms with E-state index in [0.29, 0.717) is 12.2 Å². The Morgan fingerprint density at radius 3 is 2.43 bits per heavy atom. The van der Waals surface area contributed by atoms with E-state index in [4.69, 9.17) is 0 Å². The Kier molecular flexibility index (Phi) is 4.10. The van der Waals surface area contributed by atoms with E-state index in [2.05, 4.69) is 0 Å². The zero-order valence-electron chi connectivity index (χ0n) is 12.8. The Bertz CT molecular complexity index is 716. The molecule has 0 bridgehead atoms. The molecule has 1 atom stereocenters. The van der Waals surface area contributed by atoms with Crippen LogP contribution in [-0.4, -0.2) is 25.4 Å². The Labute approximate surface area is 134 Å². The lowest BCUT2D eigenvalue weighted by Gasteiger charge is -2.21. The monoisotopic (exact) mass is 312 g/mol. The summed E-state index contributed by atoms with van der Waals surface area (Å²) in [4.78, 5) is 27.9. The van der Waals surface area contributed by atoms with Crippen LogP contribution in [0, 0.1) is 11.7 Å². The van der Waals surface area contributed by atoms with E-state index in [1.807, 2.05) is 30.3 Å². The van der Waals surface area contributed by atoms with Gasteiger partial charge in [0.15, 0.2) is 0 Å². The molecule has 2 amide bonds. The standard InChI is InChI=1S/C18H17FN2O2/c1-20(15-5-3-2-4-6-15)18(23)13-11-17(22)21(12-13)16-9-7-14(19)8-10-16/h2-10,13H,11-12H2,1H3. The molecular weight excluding hydrogens is 295 g/mol. The number of halogens is 1. The van der Waals surface area contributed by atoms with Crippen molar-refractivity contribution in [3.63, 3.8) is 0 Å². The molecule has 4 nitrogen and oxygen atoms in total. The second kappa shape index (κ2) is 6.20. The third kappa shape index (κ3) is 3.08. The summed E-state index contributed by atoms with van der Waals surface area (Å²) in [5.41, 5.74) is 1.42. The number of amides is 2. The van der Waals surface area contributed by atoms with Gasteiger partial charge in [-0.2, -0.15) is 0 Å². The summed E-state index contributed by atoms with van der Waals surface area (Å²) in [7, 11) is 1.71. The predicted molar refractivity (Wildman–Crippen MR) is 86.7 cm³/mol. The summed E-state index contributed by atoms with van der Waals surface area (Å²) in [5, 5.41) is 0. The molecule has 2 aromatic rings. The SMILES string of the molecule is CN(C(=O)C1CC(=O)N(c2ccc(F)cc2)C1)c1ccccc1. The minimum absolute atomic E-state index is 0.0887. The molecule has 118 valence electrons. The fraction of sp³-hybridized carbons (Fsp3) is 0.222. The van der Waals surface area contributed by atoms with Crippen LogP contribution in [0.25, 0.3) is 0 Å². The maximum atomic E-state index is 13.0. The van der Waals surface area contributed by atoms with Crippen molar-refractivity contribution in [2.45, 2.75) is 6.42 Å². The zero-order valence-corrected chi connectivity index (χ0v) is 12.8. The van der Waals surface area contributed by atoms with Crippen molar-refractivity contribution in [3.8, 4) is 0 Å². The summed E-state index contributed by atoms with van der Waals surface area (Å²) in [5.74, 6) is -0.944. The molecule has 0 radical (unpaired) electrons. The van der Waals surface area contributed by atoms with Crippen LogP contribution >= 0.6 is 0 Å². The first kappa shape index (κ1) is 15.2. The van der Waals surface area contributed by atoms with Crippen LogP contribution in [0.2, 0.25) is 0 Å². The lowest BCUT2D eigenvalue weighted by atomic mass is 10.1. The van der Waals surface area contributed by atoms with E-state index in [1.165, 1.54) is 12.1 Å². The Morgan fingerprint density at radius 1 is 1.13 bits per heavy atom. The van der Waals surface area contributed by atoms with Crippen LogP contribution in [0.4, 0.5) is 15.8 Å². The number of hydrogen-bond donors (Lipinski definition) is 0. The van der Waals surface area contributed by atoms with Gasteiger partial charge in [0.2, 0.25) is 11.8 Å². The maximum Gasteiger partial charge on any atom is 0.232 e. The fourth-order valence-electron chi connectivity index (χ4n) is 2.80. The number of carbonyl (C=O) groups excluding carboxylic acids is 2. The quantitative estimate of drug-likeness (QED) is 0.874. The van der Waals surface area contributed by atoms with Gasteiger partial charge in [-0.3, -0.25) is 9.59 Å². The van der Waals surface area contributed by atoms with Gasteiger partial charge in [0.1, 0.15) is 5.82 Å². The van der Waals surface area contributed by atoms with Crippen LogP contribution in [0.1, 0.15) is 6.42 Å². The van der Waals surface area contributed by atoms with E-state index < -0.39 is 5.92 Å². The van der Waals surface area contributed by atoms with Gasteiger partial charge < -0.3 is 9.80 Å². The average molecular weight is 312 g/mol. The van der Waals surface area contributed by atoms with E-state index in [1.54, 1.807) is 29.0 Å². The van der Waals surface area contributed by atoms with E-state index in [0.717, 1.165) is 5.69 Å². The third-order valence-corrected chi connectivity index (χ3v) is 4.09. The van der Waals surface area contributed by atoms with Crippen LogP contribution < -0.4 is 9.80 Å². The molecule has 3 rings (SSSR count). The fourth-order valence-corrected chi connectivity index (χ4v) is 2.80. The van der Waals surface area contributed by atoms with Crippen LogP contribution in [0.15, 0.2) is 54.6 Å². The van der Waals surface area contributed by atoms with Crippen molar-refractivity contribution < 1.29 is 14.0 Å². The number of nitrogens with zero attached hydrogens (tertiary/aromatic N) is 2. The first-order valence-corrected chi connectivity index (χ1v) is 7.45. The van der Waals surface area contributed by atoms with Gasteiger partial charge >= 0.3 is 0 Å². The highest BCUT2D eigenvalue weighted by Crippen LogP contribution is 2.27. The summed E-state index contributed by atoms with van der Waals surface area (Å²) < 4.78 is 13.0. The average Bonchev–Trinajstić information content (AvgIpc) is 2.97. The maximum absolute atomic E-state index is 13.0. The Balaban J connectivity index is 1.74. The minimum atomic E-state index is -0.391. The summed E-state index contributed by atoms with van der Waals surface area (Å²) in [6.07, 6.45) is 0.174. The Hall–Kier alpha value is -2.69. The van der Waals surface area contributed by atoms with Crippen molar-refractivity contribution in [1.29, 1.82) is 0 Å². The molecule has 1 aliphatic heterocycles. The predicted octanol–water partition coefficient (Wildman–Crippen LogP) is 2.84. The van der Waals surface area contributed by atoms with E-state index >= 15 is 0 Å². The van der Waals surface area contributed by atoms with Crippen molar-refractivity contribution in [2.75, 3.05) is 23.4 Å². The second-order valence-corrected chi connectivity index (χ2v) is 5.61. The van der Waals surface area contributed by atoms with Gasteiger partial charge in [-0.25, -0.2) is 4.39 Å². The first-order valence-electron chi connectivity index (χ1n) is 7.45. The molecule has 1 aliphatic rings. The van der Waals surface area contributed by atoms with Crippen molar-refractivity contribution >= 4 is 23.2 Å². The number of para-hydroxylation sites is 1. The molecule has 2 aromatic carbocycles. The van der Waals surface area contributed by atoms with Gasteiger partial charge in [-0.05, 0) is 36.4 Å². The third-order valence-electron chi connectivity index (χ3n) is 4.09. The number of benzene rings is 2.